The van der Waals surface area contributed by atoms with E-state index in [0.29, 0.717) is 0 Å². The number of hydrogen-bond donors (Lipinski definition) is 1. The number of nitrogens with one attached hydrogen (secondary N) is 1. The summed E-state index contributed by atoms with van der Waals surface area (Å²) in [5.74, 6) is -0.322. The minimum Gasteiger partial charge on any atom is -0.350 e. The van der Waals surface area contributed by atoms with E-state index in [9.17, 15) is 14.9 Å². The van der Waals surface area contributed by atoms with Crippen LogP contribution in [0, 0.1) is 10.1 Å². The van der Waals surface area contributed by atoms with Crippen LogP contribution in [0.4, 0.5) is 11.4 Å². The zero-order chi connectivity index (χ0) is 17.3. The first-order valence-electron chi connectivity index (χ1n) is 7.22. The van der Waals surface area contributed by atoms with Crippen molar-refractivity contribution < 1.29 is 9.72 Å². The van der Waals surface area contributed by atoms with Crippen molar-refractivity contribution in [1.82, 2.24) is 4.57 Å². The first-order chi connectivity index (χ1) is 11.5. The van der Waals surface area contributed by atoms with Gasteiger partial charge in [0, 0.05) is 35.2 Å². The van der Waals surface area contributed by atoms with E-state index in [1.54, 1.807) is 0 Å². The van der Waals surface area contributed by atoms with Gasteiger partial charge in [-0.2, -0.15) is 0 Å². The lowest BCUT2D eigenvalue weighted by molar-refractivity contribution is -0.383. The molecule has 0 fully saturated rings. The van der Waals surface area contributed by atoms with Crippen molar-refractivity contribution in [2.24, 2.45) is 7.05 Å². The molecule has 0 saturated heterocycles. The molecular weight excluding hydrogens is 330 g/mol. The van der Waals surface area contributed by atoms with Gasteiger partial charge in [0.2, 0.25) is 5.91 Å². The molecule has 0 aliphatic carbocycles. The van der Waals surface area contributed by atoms with Gasteiger partial charge in [-0.05, 0) is 23.8 Å². The molecule has 3 aromatic rings. The average molecular weight is 344 g/mol. The Balaban J connectivity index is 1.85. The number of rotatable bonds is 4. The highest BCUT2D eigenvalue weighted by molar-refractivity contribution is 6.31. The molecule has 2 aromatic carbocycles. The Bertz CT molecular complexity index is 949. The number of nitro benzene ring substituents is 1. The molecule has 24 heavy (non-hydrogen) atoms. The van der Waals surface area contributed by atoms with E-state index in [0.717, 1.165) is 16.5 Å². The van der Waals surface area contributed by atoms with E-state index in [-0.39, 0.29) is 28.7 Å². The van der Waals surface area contributed by atoms with E-state index in [1.165, 1.54) is 18.2 Å². The molecule has 0 aliphatic heterocycles. The van der Waals surface area contributed by atoms with Crippen molar-refractivity contribution in [1.29, 1.82) is 0 Å². The van der Waals surface area contributed by atoms with Gasteiger partial charge in [-0.1, -0.05) is 29.8 Å². The quantitative estimate of drug-likeness (QED) is 0.576. The van der Waals surface area contributed by atoms with Crippen LogP contribution >= 0.6 is 11.6 Å². The average Bonchev–Trinajstić information content (AvgIpc) is 2.85. The SMILES string of the molecule is Cn1cc(CC(=O)Nc2ccc(Cl)cc2[N+](=O)[O-])c2ccccc21. The lowest BCUT2D eigenvalue weighted by Gasteiger charge is -2.06. The summed E-state index contributed by atoms with van der Waals surface area (Å²) in [5, 5.41) is 14.9. The van der Waals surface area contributed by atoms with Crippen molar-refractivity contribution >= 4 is 39.8 Å². The van der Waals surface area contributed by atoms with Crippen LogP contribution in [0.15, 0.2) is 48.7 Å². The van der Waals surface area contributed by atoms with E-state index in [1.807, 2.05) is 42.1 Å². The molecule has 0 saturated carbocycles. The third kappa shape index (κ3) is 3.09. The summed E-state index contributed by atoms with van der Waals surface area (Å²) in [7, 11) is 1.91. The highest BCUT2D eigenvalue weighted by atomic mass is 35.5. The van der Waals surface area contributed by atoms with E-state index >= 15 is 0 Å². The van der Waals surface area contributed by atoms with Gasteiger partial charge in [0.05, 0.1) is 11.3 Å². The van der Waals surface area contributed by atoms with Gasteiger partial charge >= 0.3 is 0 Å². The summed E-state index contributed by atoms with van der Waals surface area (Å²) in [6.45, 7) is 0. The topological polar surface area (TPSA) is 77.2 Å². The number of amides is 1. The summed E-state index contributed by atoms with van der Waals surface area (Å²) in [6, 6.07) is 11.9. The lowest BCUT2D eigenvalue weighted by atomic mass is 10.1. The van der Waals surface area contributed by atoms with Crippen LogP contribution in [-0.2, 0) is 18.3 Å². The Kier molecular flexibility index (Phi) is 4.22. The summed E-state index contributed by atoms with van der Waals surface area (Å²) in [5.41, 5.74) is 1.79. The van der Waals surface area contributed by atoms with Crippen molar-refractivity contribution in [3.05, 3.63) is 69.4 Å². The van der Waals surface area contributed by atoms with Crippen molar-refractivity contribution in [2.45, 2.75) is 6.42 Å². The van der Waals surface area contributed by atoms with Crippen molar-refractivity contribution in [3.63, 3.8) is 0 Å². The Hall–Kier alpha value is -2.86. The van der Waals surface area contributed by atoms with Gasteiger partial charge < -0.3 is 9.88 Å². The fourth-order valence-electron chi connectivity index (χ4n) is 2.70. The number of para-hydroxylation sites is 1. The third-order valence-corrected chi connectivity index (χ3v) is 4.00. The first-order valence-corrected chi connectivity index (χ1v) is 7.60. The molecule has 0 radical (unpaired) electrons. The fraction of sp³-hybridized carbons (Fsp3) is 0.118. The zero-order valence-corrected chi connectivity index (χ0v) is 13.6. The molecule has 0 aliphatic rings. The number of fused-ring (bicyclic) bond motifs is 1. The standard InChI is InChI=1S/C17H14ClN3O3/c1-20-10-11(13-4-2-3-5-15(13)20)8-17(22)19-14-7-6-12(18)9-16(14)21(23)24/h2-7,9-10H,8H2,1H3,(H,19,22). The second kappa shape index (κ2) is 6.33. The van der Waals surface area contributed by atoms with Gasteiger partial charge in [0.25, 0.3) is 5.69 Å². The predicted octanol–water partition coefficient (Wildman–Crippen LogP) is 3.92. The predicted molar refractivity (Wildman–Crippen MR) is 93.4 cm³/mol. The number of carbonyl (C=O) groups is 1. The Morgan fingerprint density at radius 3 is 2.79 bits per heavy atom. The van der Waals surface area contributed by atoms with Crippen LogP contribution in [0.1, 0.15) is 5.56 Å². The van der Waals surface area contributed by atoms with Gasteiger partial charge in [0.15, 0.2) is 0 Å². The van der Waals surface area contributed by atoms with Gasteiger partial charge in [-0.15, -0.1) is 0 Å². The summed E-state index contributed by atoms with van der Waals surface area (Å²) in [6.07, 6.45) is 2.02. The van der Waals surface area contributed by atoms with Crippen LogP contribution in [0.25, 0.3) is 10.9 Å². The molecule has 0 atom stereocenters. The van der Waals surface area contributed by atoms with Crippen molar-refractivity contribution in [2.75, 3.05) is 5.32 Å². The third-order valence-electron chi connectivity index (χ3n) is 3.76. The minimum absolute atomic E-state index is 0.126. The van der Waals surface area contributed by atoms with Gasteiger partial charge in [-0.25, -0.2) is 0 Å². The molecular formula is C17H14ClN3O3. The monoisotopic (exact) mass is 343 g/mol. The highest BCUT2D eigenvalue weighted by Gasteiger charge is 2.17. The lowest BCUT2D eigenvalue weighted by Crippen LogP contribution is -2.15. The molecule has 1 aromatic heterocycles. The Morgan fingerprint density at radius 2 is 2.04 bits per heavy atom. The maximum atomic E-state index is 12.3. The fourth-order valence-corrected chi connectivity index (χ4v) is 2.86. The number of carbonyl (C=O) groups excluding carboxylic acids is 1. The number of aromatic nitrogens is 1. The number of aryl methyl sites for hydroxylation is 1. The van der Waals surface area contributed by atoms with Crippen molar-refractivity contribution in [3.8, 4) is 0 Å². The number of halogens is 1. The summed E-state index contributed by atoms with van der Waals surface area (Å²) >= 11 is 5.78. The molecule has 0 bridgehead atoms. The maximum Gasteiger partial charge on any atom is 0.294 e. The molecule has 3 rings (SSSR count). The van der Waals surface area contributed by atoms with Crippen LogP contribution in [0.5, 0.6) is 0 Å². The molecule has 1 heterocycles. The van der Waals surface area contributed by atoms with Crippen LogP contribution in [0.3, 0.4) is 0 Å². The van der Waals surface area contributed by atoms with Gasteiger partial charge in [-0.3, -0.25) is 14.9 Å². The molecule has 0 unspecified atom stereocenters. The highest BCUT2D eigenvalue weighted by Crippen LogP contribution is 2.28. The van der Waals surface area contributed by atoms with E-state index < -0.39 is 4.92 Å². The normalized spacial score (nSPS) is 10.8. The second-order valence-corrected chi connectivity index (χ2v) is 5.86. The molecule has 6 nitrogen and oxygen atoms in total. The Morgan fingerprint density at radius 1 is 1.29 bits per heavy atom. The Labute approximate surface area is 142 Å². The molecule has 1 amide bonds. The summed E-state index contributed by atoms with van der Waals surface area (Å²) < 4.78 is 1.95. The molecule has 0 spiro atoms. The maximum absolute atomic E-state index is 12.3. The number of hydrogen-bond acceptors (Lipinski definition) is 3. The number of benzene rings is 2. The largest absolute Gasteiger partial charge is 0.350 e. The van der Waals surface area contributed by atoms with Crippen LogP contribution in [0.2, 0.25) is 5.02 Å². The second-order valence-electron chi connectivity index (χ2n) is 5.43. The molecule has 1 N–H and O–H groups in total. The first kappa shape index (κ1) is 16.0. The zero-order valence-electron chi connectivity index (χ0n) is 12.8. The number of anilines is 1. The summed E-state index contributed by atoms with van der Waals surface area (Å²) in [4.78, 5) is 22.8. The minimum atomic E-state index is -0.570. The number of nitrogens with zero attached hydrogens (tertiary/aromatic N) is 2. The van der Waals surface area contributed by atoms with Gasteiger partial charge in [0.1, 0.15) is 5.69 Å². The van der Waals surface area contributed by atoms with E-state index in [2.05, 4.69) is 5.32 Å². The van der Waals surface area contributed by atoms with Crippen LogP contribution in [-0.4, -0.2) is 15.4 Å². The smallest absolute Gasteiger partial charge is 0.294 e. The van der Waals surface area contributed by atoms with Crippen LogP contribution < -0.4 is 5.32 Å². The molecule has 122 valence electrons. The van der Waals surface area contributed by atoms with E-state index in [4.69, 9.17) is 11.6 Å². The number of nitro groups is 1. The molecule has 7 heteroatoms.